The molecule has 0 heterocycles. The predicted molar refractivity (Wildman–Crippen MR) is 69.7 cm³/mol. The van der Waals surface area contributed by atoms with Gasteiger partial charge >= 0.3 is 0 Å². The zero-order valence-electron chi connectivity index (χ0n) is 11.1. The summed E-state index contributed by atoms with van der Waals surface area (Å²) in [5, 5.41) is 12.8. The van der Waals surface area contributed by atoms with Crippen LogP contribution in [0, 0.1) is 0 Å². The van der Waals surface area contributed by atoms with Crippen LogP contribution in [-0.4, -0.2) is 66.4 Å². The van der Waals surface area contributed by atoms with E-state index in [9.17, 15) is 9.32 Å². The molecule has 2 N–H and O–H groups in total. The highest BCUT2D eigenvalue weighted by Gasteiger charge is 2.10. The number of methoxy groups -OCH3 is 1. The molecule has 104 valence electrons. The maximum Gasteiger partial charge on any atom is 0.0897 e. The van der Waals surface area contributed by atoms with Crippen LogP contribution in [0.2, 0.25) is 0 Å². The molecule has 0 aromatic heterocycles. The highest BCUT2D eigenvalue weighted by molar-refractivity contribution is 7.84. The second kappa shape index (κ2) is 9.96. The summed E-state index contributed by atoms with van der Waals surface area (Å²) in [5.41, 5.74) is 0. The van der Waals surface area contributed by atoms with Crippen molar-refractivity contribution in [3.05, 3.63) is 0 Å². The highest BCUT2D eigenvalue weighted by atomic mass is 32.2. The number of hydrogen-bond acceptors (Lipinski definition) is 5. The quantitative estimate of drug-likeness (QED) is 0.571. The van der Waals surface area contributed by atoms with Crippen LogP contribution in [0.3, 0.4) is 0 Å². The van der Waals surface area contributed by atoms with E-state index in [-0.39, 0.29) is 18.0 Å². The van der Waals surface area contributed by atoms with Crippen molar-refractivity contribution in [1.29, 1.82) is 0 Å². The number of nitrogens with one attached hydrogen (secondary N) is 1. The van der Waals surface area contributed by atoms with Gasteiger partial charge in [-0.2, -0.15) is 0 Å². The molecule has 4 atom stereocenters. The van der Waals surface area contributed by atoms with Crippen LogP contribution in [0.5, 0.6) is 0 Å². The second-order valence-corrected chi connectivity index (χ2v) is 6.02. The van der Waals surface area contributed by atoms with E-state index in [1.807, 2.05) is 13.8 Å². The highest BCUT2D eigenvalue weighted by Crippen LogP contribution is 1.94. The second-order valence-electron chi connectivity index (χ2n) is 4.22. The first-order valence-corrected chi connectivity index (χ1v) is 7.41. The summed E-state index contributed by atoms with van der Waals surface area (Å²) >= 11 is 0. The molecular weight excluding hydrogens is 242 g/mol. The molecule has 0 saturated heterocycles. The average molecular weight is 267 g/mol. The minimum absolute atomic E-state index is 0.0169. The summed E-state index contributed by atoms with van der Waals surface area (Å²) in [4.78, 5) is 0. The molecule has 0 aliphatic rings. The molecule has 5 nitrogen and oxygen atoms in total. The molecule has 0 amide bonds. The van der Waals surface area contributed by atoms with E-state index in [0.29, 0.717) is 19.7 Å². The molecule has 0 radical (unpaired) electrons. The number of aliphatic hydroxyl groups is 1. The summed E-state index contributed by atoms with van der Waals surface area (Å²) in [6.07, 6.45) is 1.11. The van der Waals surface area contributed by atoms with Crippen molar-refractivity contribution in [3.63, 3.8) is 0 Å². The molecule has 0 aromatic rings. The standard InChI is InChI=1S/C11H25NO4S/c1-9(7-15-3)16-8-11(13)6-12-5-10(2)17(4)14/h9-13H,5-8H2,1-4H3. The van der Waals surface area contributed by atoms with E-state index in [1.165, 1.54) is 0 Å². The summed E-state index contributed by atoms with van der Waals surface area (Å²) in [6, 6.07) is 0. The van der Waals surface area contributed by atoms with Gasteiger partial charge < -0.3 is 19.9 Å². The van der Waals surface area contributed by atoms with Gasteiger partial charge in [-0.3, -0.25) is 4.21 Å². The Kier molecular flexibility index (Phi) is 9.96. The van der Waals surface area contributed by atoms with Gasteiger partial charge in [0, 0.05) is 42.5 Å². The normalized spacial score (nSPS) is 18.6. The van der Waals surface area contributed by atoms with Crippen molar-refractivity contribution in [1.82, 2.24) is 5.32 Å². The minimum Gasteiger partial charge on any atom is -0.389 e. The SMILES string of the molecule is COCC(C)OCC(O)CNCC(C)S(C)=O. The van der Waals surface area contributed by atoms with Gasteiger partial charge in [0.2, 0.25) is 0 Å². The molecule has 0 aromatic carbocycles. The minimum atomic E-state index is -0.831. The van der Waals surface area contributed by atoms with Crippen LogP contribution < -0.4 is 5.32 Å². The monoisotopic (exact) mass is 267 g/mol. The van der Waals surface area contributed by atoms with Crippen LogP contribution in [0.15, 0.2) is 0 Å². The zero-order valence-corrected chi connectivity index (χ0v) is 12.0. The molecule has 0 rings (SSSR count). The van der Waals surface area contributed by atoms with Crippen molar-refractivity contribution in [2.75, 3.05) is 39.7 Å². The predicted octanol–water partition coefficient (Wildman–Crippen LogP) is -0.245. The molecule has 0 aliphatic heterocycles. The molecule has 0 aliphatic carbocycles. The molecule has 0 spiro atoms. The van der Waals surface area contributed by atoms with Gasteiger partial charge in [-0.05, 0) is 13.8 Å². The summed E-state index contributed by atoms with van der Waals surface area (Å²) < 4.78 is 21.4. The molecule has 0 bridgehead atoms. The Labute approximate surface area is 106 Å². The van der Waals surface area contributed by atoms with Gasteiger partial charge in [-0.15, -0.1) is 0 Å². The number of rotatable bonds is 10. The number of aliphatic hydroxyl groups excluding tert-OH is 1. The number of ether oxygens (including phenoxy) is 2. The van der Waals surface area contributed by atoms with Gasteiger partial charge in [0.1, 0.15) is 0 Å². The van der Waals surface area contributed by atoms with E-state index in [4.69, 9.17) is 9.47 Å². The summed E-state index contributed by atoms with van der Waals surface area (Å²) in [5.74, 6) is 0. The third-order valence-electron chi connectivity index (χ3n) is 2.35. The van der Waals surface area contributed by atoms with Crippen LogP contribution in [0.1, 0.15) is 13.8 Å². The molecule has 6 heteroatoms. The maximum atomic E-state index is 11.1. The van der Waals surface area contributed by atoms with Gasteiger partial charge in [-0.25, -0.2) is 0 Å². The largest absolute Gasteiger partial charge is 0.389 e. The Morgan fingerprint density at radius 1 is 1.29 bits per heavy atom. The van der Waals surface area contributed by atoms with Crippen molar-refractivity contribution >= 4 is 10.8 Å². The van der Waals surface area contributed by atoms with Crippen LogP contribution >= 0.6 is 0 Å². The molecule has 4 unspecified atom stereocenters. The van der Waals surface area contributed by atoms with Gasteiger partial charge in [-0.1, -0.05) is 0 Å². The Balaban J connectivity index is 3.52. The van der Waals surface area contributed by atoms with E-state index < -0.39 is 16.9 Å². The Hall–Kier alpha value is -0.0100. The topological polar surface area (TPSA) is 67.8 Å². The Morgan fingerprint density at radius 3 is 2.47 bits per heavy atom. The lowest BCUT2D eigenvalue weighted by molar-refractivity contribution is -0.0309. The van der Waals surface area contributed by atoms with Crippen molar-refractivity contribution in [2.45, 2.75) is 31.3 Å². The summed E-state index contributed by atoms with van der Waals surface area (Å²) in [6.45, 7) is 5.68. The molecule has 17 heavy (non-hydrogen) atoms. The number of hydrogen-bond donors (Lipinski definition) is 2. The Morgan fingerprint density at radius 2 is 1.94 bits per heavy atom. The fourth-order valence-corrected chi connectivity index (χ4v) is 1.54. The lowest BCUT2D eigenvalue weighted by Crippen LogP contribution is -2.36. The molecule has 0 fully saturated rings. The smallest absolute Gasteiger partial charge is 0.0897 e. The van der Waals surface area contributed by atoms with Gasteiger partial charge in [0.05, 0.1) is 25.4 Å². The van der Waals surface area contributed by atoms with E-state index >= 15 is 0 Å². The maximum absolute atomic E-state index is 11.1. The fraction of sp³-hybridized carbons (Fsp3) is 1.00. The van der Waals surface area contributed by atoms with E-state index in [0.717, 1.165) is 0 Å². The van der Waals surface area contributed by atoms with Gasteiger partial charge in [0.25, 0.3) is 0 Å². The molecule has 0 saturated carbocycles. The Bertz CT molecular complexity index is 216. The van der Waals surface area contributed by atoms with Crippen LogP contribution in [-0.2, 0) is 20.3 Å². The lowest BCUT2D eigenvalue weighted by Gasteiger charge is -2.17. The lowest BCUT2D eigenvalue weighted by atomic mass is 10.3. The first-order chi connectivity index (χ1) is 7.97. The van der Waals surface area contributed by atoms with Crippen molar-refractivity contribution in [2.24, 2.45) is 0 Å². The third-order valence-corrected chi connectivity index (χ3v) is 3.65. The average Bonchev–Trinajstić information content (AvgIpc) is 2.26. The third kappa shape index (κ3) is 9.67. The first-order valence-electron chi connectivity index (χ1n) is 5.78. The summed E-state index contributed by atoms with van der Waals surface area (Å²) in [7, 11) is 0.784. The fourth-order valence-electron chi connectivity index (χ4n) is 1.19. The zero-order chi connectivity index (χ0) is 13.3. The molecular formula is C11H25NO4S. The first kappa shape index (κ1) is 17.0. The van der Waals surface area contributed by atoms with Crippen LogP contribution in [0.4, 0.5) is 0 Å². The van der Waals surface area contributed by atoms with Crippen molar-refractivity contribution in [3.8, 4) is 0 Å². The van der Waals surface area contributed by atoms with Crippen LogP contribution in [0.25, 0.3) is 0 Å². The van der Waals surface area contributed by atoms with Crippen molar-refractivity contribution < 1.29 is 18.8 Å². The van der Waals surface area contributed by atoms with E-state index in [1.54, 1.807) is 13.4 Å². The van der Waals surface area contributed by atoms with Gasteiger partial charge in [0.15, 0.2) is 0 Å². The van der Waals surface area contributed by atoms with E-state index in [2.05, 4.69) is 5.32 Å².